The summed E-state index contributed by atoms with van der Waals surface area (Å²) in [4.78, 5) is 11.9. The first kappa shape index (κ1) is 15.9. The van der Waals surface area contributed by atoms with Gasteiger partial charge in [-0.25, -0.2) is 4.79 Å². The molecule has 2 atom stereocenters. The number of hydrogen-bond acceptors (Lipinski definition) is 3. The highest BCUT2D eigenvalue weighted by molar-refractivity contribution is 6.32. The third-order valence-electron chi connectivity index (χ3n) is 3.54. The van der Waals surface area contributed by atoms with Crippen LogP contribution in [0.1, 0.15) is 32.6 Å². The van der Waals surface area contributed by atoms with Gasteiger partial charge in [0.1, 0.15) is 5.75 Å². The number of benzene rings is 1. The van der Waals surface area contributed by atoms with Crippen LogP contribution in [0.25, 0.3) is 0 Å². The Labute approximate surface area is 129 Å². The lowest BCUT2D eigenvalue weighted by atomic mass is 9.93. The maximum atomic E-state index is 11.9. The standard InChI is InChI=1S/C15H21ClN2O3/c1-2-21-14-8-7-10(9-11(14)16)17-15(20)18-12-5-3-4-6-13(12)19/h7-9,12-13,19H,2-6H2,1H3,(H2,17,18,20). The number of amides is 2. The molecule has 2 rings (SSSR count). The number of ether oxygens (including phenoxy) is 1. The molecule has 3 N–H and O–H groups in total. The minimum atomic E-state index is -0.464. The van der Waals surface area contributed by atoms with Gasteiger partial charge in [-0.05, 0) is 38.0 Å². The average molecular weight is 313 g/mol. The van der Waals surface area contributed by atoms with E-state index in [1.807, 2.05) is 6.92 Å². The number of urea groups is 1. The second kappa shape index (κ2) is 7.52. The van der Waals surface area contributed by atoms with Crippen LogP contribution in [0.15, 0.2) is 18.2 Å². The van der Waals surface area contributed by atoms with E-state index in [1.54, 1.807) is 18.2 Å². The summed E-state index contributed by atoms with van der Waals surface area (Å²) in [6, 6.07) is 4.58. The van der Waals surface area contributed by atoms with Gasteiger partial charge in [0, 0.05) is 5.69 Å². The SMILES string of the molecule is CCOc1ccc(NC(=O)NC2CCCCC2O)cc1Cl. The number of carbonyl (C=O) groups is 1. The van der Waals surface area contributed by atoms with Gasteiger partial charge in [-0.3, -0.25) is 0 Å². The van der Waals surface area contributed by atoms with Gasteiger partial charge in [0.2, 0.25) is 0 Å². The number of nitrogens with one attached hydrogen (secondary N) is 2. The summed E-state index contributed by atoms with van der Waals surface area (Å²) < 4.78 is 5.34. The Morgan fingerprint density at radius 2 is 2.19 bits per heavy atom. The van der Waals surface area contributed by atoms with E-state index in [9.17, 15) is 9.90 Å². The molecule has 0 aromatic heterocycles. The normalized spacial score (nSPS) is 21.7. The van der Waals surface area contributed by atoms with E-state index in [2.05, 4.69) is 10.6 Å². The summed E-state index contributed by atoms with van der Waals surface area (Å²) in [5, 5.41) is 15.8. The Hall–Kier alpha value is -1.46. The van der Waals surface area contributed by atoms with Crippen molar-refractivity contribution in [3.8, 4) is 5.75 Å². The van der Waals surface area contributed by atoms with E-state index < -0.39 is 6.10 Å². The number of halogens is 1. The first-order valence-electron chi connectivity index (χ1n) is 7.28. The smallest absolute Gasteiger partial charge is 0.319 e. The molecule has 1 aliphatic carbocycles. The molecule has 1 aliphatic rings. The van der Waals surface area contributed by atoms with Gasteiger partial charge < -0.3 is 20.5 Å². The summed E-state index contributed by atoms with van der Waals surface area (Å²) in [5.41, 5.74) is 0.589. The Bertz CT molecular complexity index is 496. The van der Waals surface area contributed by atoms with Gasteiger partial charge in [-0.2, -0.15) is 0 Å². The van der Waals surface area contributed by atoms with Crippen LogP contribution in [0.5, 0.6) is 5.75 Å². The Morgan fingerprint density at radius 1 is 1.43 bits per heavy atom. The number of carbonyl (C=O) groups excluding carboxylic acids is 1. The summed E-state index contributed by atoms with van der Waals surface area (Å²) in [6.45, 7) is 2.41. The Kier molecular flexibility index (Phi) is 5.70. The van der Waals surface area contributed by atoms with E-state index in [0.717, 1.165) is 25.7 Å². The third kappa shape index (κ3) is 4.51. The van der Waals surface area contributed by atoms with Crippen LogP contribution < -0.4 is 15.4 Å². The van der Waals surface area contributed by atoms with Gasteiger partial charge >= 0.3 is 6.03 Å². The molecule has 21 heavy (non-hydrogen) atoms. The van der Waals surface area contributed by atoms with E-state index in [1.165, 1.54) is 0 Å². The summed E-state index contributed by atoms with van der Waals surface area (Å²) in [6.07, 6.45) is 3.11. The van der Waals surface area contributed by atoms with Crippen molar-refractivity contribution in [1.82, 2.24) is 5.32 Å². The molecule has 1 aromatic carbocycles. The Morgan fingerprint density at radius 3 is 2.86 bits per heavy atom. The largest absolute Gasteiger partial charge is 0.492 e. The van der Waals surface area contributed by atoms with Crippen LogP contribution >= 0.6 is 11.6 Å². The van der Waals surface area contributed by atoms with Gasteiger partial charge in [0.25, 0.3) is 0 Å². The van der Waals surface area contributed by atoms with Crippen LogP contribution in [-0.4, -0.2) is 29.9 Å². The summed E-state index contributed by atoms with van der Waals surface area (Å²) >= 11 is 6.07. The van der Waals surface area contributed by atoms with Crippen molar-refractivity contribution >= 4 is 23.3 Å². The highest BCUT2D eigenvalue weighted by Crippen LogP contribution is 2.27. The molecule has 0 saturated heterocycles. The van der Waals surface area contributed by atoms with Crippen molar-refractivity contribution in [3.63, 3.8) is 0 Å². The molecule has 1 aromatic rings. The molecular formula is C15H21ClN2O3. The molecule has 116 valence electrons. The molecule has 2 amide bonds. The molecule has 6 heteroatoms. The summed E-state index contributed by atoms with van der Waals surface area (Å²) in [5.74, 6) is 0.591. The quantitative estimate of drug-likeness (QED) is 0.799. The lowest BCUT2D eigenvalue weighted by molar-refractivity contribution is 0.0955. The van der Waals surface area contributed by atoms with Crippen LogP contribution in [0.3, 0.4) is 0 Å². The predicted molar refractivity (Wildman–Crippen MR) is 83.0 cm³/mol. The zero-order valence-electron chi connectivity index (χ0n) is 12.1. The molecule has 0 aliphatic heterocycles. The van der Waals surface area contributed by atoms with Crippen LogP contribution in [0, 0.1) is 0 Å². The topological polar surface area (TPSA) is 70.6 Å². The highest BCUT2D eigenvalue weighted by atomic mass is 35.5. The van der Waals surface area contributed by atoms with E-state index in [4.69, 9.17) is 16.3 Å². The highest BCUT2D eigenvalue weighted by Gasteiger charge is 2.24. The Balaban J connectivity index is 1.91. The number of hydrogen-bond donors (Lipinski definition) is 3. The van der Waals surface area contributed by atoms with E-state index >= 15 is 0 Å². The second-order valence-electron chi connectivity index (χ2n) is 5.13. The van der Waals surface area contributed by atoms with Gasteiger partial charge in [-0.15, -0.1) is 0 Å². The fourth-order valence-electron chi connectivity index (χ4n) is 2.47. The molecule has 0 bridgehead atoms. The zero-order valence-corrected chi connectivity index (χ0v) is 12.8. The van der Waals surface area contributed by atoms with Gasteiger partial charge in [0.05, 0.1) is 23.8 Å². The number of aliphatic hydroxyl groups excluding tert-OH is 1. The van der Waals surface area contributed by atoms with Crippen LogP contribution in [-0.2, 0) is 0 Å². The minimum Gasteiger partial charge on any atom is -0.492 e. The molecule has 1 saturated carbocycles. The van der Waals surface area contributed by atoms with Crippen molar-refractivity contribution in [3.05, 3.63) is 23.2 Å². The third-order valence-corrected chi connectivity index (χ3v) is 3.83. The first-order valence-corrected chi connectivity index (χ1v) is 7.66. The number of rotatable bonds is 4. The fraction of sp³-hybridized carbons (Fsp3) is 0.533. The van der Waals surface area contributed by atoms with Crippen molar-refractivity contribution in [1.29, 1.82) is 0 Å². The molecular weight excluding hydrogens is 292 g/mol. The van der Waals surface area contributed by atoms with E-state index in [-0.39, 0.29) is 12.1 Å². The molecule has 2 unspecified atom stereocenters. The van der Waals surface area contributed by atoms with Crippen molar-refractivity contribution in [2.24, 2.45) is 0 Å². The van der Waals surface area contributed by atoms with Crippen LogP contribution in [0.2, 0.25) is 5.02 Å². The van der Waals surface area contributed by atoms with E-state index in [0.29, 0.717) is 23.1 Å². The lowest BCUT2D eigenvalue weighted by Gasteiger charge is -2.28. The van der Waals surface area contributed by atoms with Gasteiger partial charge in [-0.1, -0.05) is 24.4 Å². The van der Waals surface area contributed by atoms with Crippen LogP contribution in [0.4, 0.5) is 10.5 Å². The van der Waals surface area contributed by atoms with Crippen molar-refractivity contribution in [2.75, 3.05) is 11.9 Å². The first-order chi connectivity index (χ1) is 10.1. The molecule has 0 heterocycles. The maximum absolute atomic E-state index is 11.9. The summed E-state index contributed by atoms with van der Waals surface area (Å²) in [7, 11) is 0. The van der Waals surface area contributed by atoms with Gasteiger partial charge in [0.15, 0.2) is 0 Å². The fourth-order valence-corrected chi connectivity index (χ4v) is 2.70. The second-order valence-corrected chi connectivity index (χ2v) is 5.54. The number of anilines is 1. The van der Waals surface area contributed by atoms with Crippen molar-refractivity contribution < 1.29 is 14.6 Å². The zero-order chi connectivity index (χ0) is 15.2. The average Bonchev–Trinajstić information content (AvgIpc) is 2.44. The number of aliphatic hydroxyl groups is 1. The molecule has 0 spiro atoms. The monoisotopic (exact) mass is 312 g/mol. The minimum absolute atomic E-state index is 0.183. The predicted octanol–water partition coefficient (Wildman–Crippen LogP) is 3.16. The van der Waals surface area contributed by atoms with Crippen molar-refractivity contribution in [2.45, 2.75) is 44.8 Å². The molecule has 0 radical (unpaired) electrons. The maximum Gasteiger partial charge on any atom is 0.319 e. The molecule has 5 nitrogen and oxygen atoms in total. The lowest BCUT2D eigenvalue weighted by Crippen LogP contribution is -2.46. The molecule has 1 fully saturated rings.